The summed E-state index contributed by atoms with van der Waals surface area (Å²) in [6.07, 6.45) is 0. The normalized spacial score (nSPS) is 11.1. The van der Waals surface area contributed by atoms with Crippen molar-refractivity contribution in [2.24, 2.45) is 0 Å². The number of amides is 3. The lowest BCUT2D eigenvalue weighted by Crippen LogP contribution is -2.42. The number of nitrogens with one attached hydrogen (secondary N) is 2. The number of hydrogen-bond donors (Lipinski definition) is 2. The quantitative estimate of drug-likeness (QED) is 0.361. The molecule has 0 spiro atoms. The van der Waals surface area contributed by atoms with Crippen LogP contribution in [0.15, 0.2) is 54.6 Å². The van der Waals surface area contributed by atoms with Gasteiger partial charge in [-0.25, -0.2) is 14.3 Å². The number of methoxy groups -OCH3 is 1. The van der Waals surface area contributed by atoms with Crippen LogP contribution in [-0.4, -0.2) is 66.0 Å². The Morgan fingerprint density at radius 3 is 2.26 bits per heavy atom. The highest BCUT2D eigenvalue weighted by Gasteiger charge is 2.23. The topological polar surface area (TPSA) is 115 Å². The number of hydrogen-bond acceptors (Lipinski definition) is 6. The number of nitrogens with zero attached hydrogens (tertiary/aromatic N) is 3. The van der Waals surface area contributed by atoms with Crippen LogP contribution in [0.5, 0.6) is 0 Å². The molecular weight excluding hydrogens is 498 g/mol. The van der Waals surface area contributed by atoms with E-state index >= 15 is 0 Å². The van der Waals surface area contributed by atoms with Crippen molar-refractivity contribution in [1.82, 2.24) is 14.7 Å². The summed E-state index contributed by atoms with van der Waals surface area (Å²) in [7, 11) is 1.53. The van der Waals surface area contributed by atoms with E-state index in [-0.39, 0.29) is 37.6 Å². The number of urea groups is 1. The van der Waals surface area contributed by atoms with Gasteiger partial charge in [0, 0.05) is 30.8 Å². The third-order valence-corrected chi connectivity index (χ3v) is 5.86. The lowest BCUT2D eigenvalue weighted by molar-refractivity contribution is -0.116. The summed E-state index contributed by atoms with van der Waals surface area (Å²) < 4.78 is 11.8. The third-order valence-electron chi connectivity index (χ3n) is 5.86. The molecule has 1 heterocycles. The van der Waals surface area contributed by atoms with Crippen LogP contribution in [0.3, 0.4) is 0 Å². The number of carbonyl (C=O) groups excluding carboxylic acids is 3. The highest BCUT2D eigenvalue weighted by atomic mass is 16.5. The Balaban J connectivity index is 1.75. The molecule has 0 radical (unpaired) electrons. The zero-order valence-electron chi connectivity index (χ0n) is 23.4. The third kappa shape index (κ3) is 8.15. The maximum absolute atomic E-state index is 13.2. The van der Waals surface area contributed by atoms with Crippen molar-refractivity contribution >= 4 is 29.4 Å². The molecular formula is C29H37N5O5. The largest absolute Gasteiger partial charge is 0.462 e. The Morgan fingerprint density at radius 1 is 1.00 bits per heavy atom. The molecule has 0 fully saturated rings. The van der Waals surface area contributed by atoms with Gasteiger partial charge in [-0.3, -0.25) is 4.79 Å². The number of carbonyl (C=O) groups is 3. The van der Waals surface area contributed by atoms with E-state index in [4.69, 9.17) is 14.6 Å². The smallest absolute Gasteiger partial charge is 0.338 e. The Bertz CT molecular complexity index is 1280. The van der Waals surface area contributed by atoms with Crippen LogP contribution < -0.4 is 10.6 Å². The number of benzene rings is 2. The van der Waals surface area contributed by atoms with Crippen LogP contribution in [0.4, 0.5) is 16.3 Å². The van der Waals surface area contributed by atoms with E-state index < -0.39 is 12.0 Å². The van der Waals surface area contributed by atoms with Gasteiger partial charge in [0.25, 0.3) is 0 Å². The molecule has 0 aliphatic rings. The average molecular weight is 536 g/mol. The number of aromatic nitrogens is 2. The van der Waals surface area contributed by atoms with Gasteiger partial charge in [0.1, 0.15) is 12.4 Å². The molecule has 0 atom stereocenters. The van der Waals surface area contributed by atoms with E-state index in [1.807, 2.05) is 37.3 Å². The van der Waals surface area contributed by atoms with Gasteiger partial charge in [-0.1, -0.05) is 38.5 Å². The first kappa shape index (κ1) is 29.4. The number of rotatable bonds is 10. The van der Waals surface area contributed by atoms with Crippen molar-refractivity contribution in [3.05, 3.63) is 71.4 Å². The predicted octanol–water partition coefficient (Wildman–Crippen LogP) is 4.77. The van der Waals surface area contributed by atoms with Crippen molar-refractivity contribution < 1.29 is 23.9 Å². The zero-order valence-corrected chi connectivity index (χ0v) is 23.4. The minimum atomic E-state index is -0.478. The maximum atomic E-state index is 13.2. The lowest BCUT2D eigenvalue weighted by atomic mass is 9.92. The Morgan fingerprint density at radius 2 is 1.67 bits per heavy atom. The molecule has 208 valence electrons. The fourth-order valence-electron chi connectivity index (χ4n) is 3.64. The first-order valence-corrected chi connectivity index (χ1v) is 12.8. The fraction of sp³-hybridized carbons (Fsp3) is 0.379. The molecule has 0 aliphatic carbocycles. The van der Waals surface area contributed by atoms with Gasteiger partial charge in [0.05, 0.1) is 30.2 Å². The van der Waals surface area contributed by atoms with E-state index in [9.17, 15) is 14.4 Å². The van der Waals surface area contributed by atoms with Crippen molar-refractivity contribution in [2.45, 2.75) is 40.0 Å². The van der Waals surface area contributed by atoms with Crippen LogP contribution in [-0.2, 0) is 19.7 Å². The van der Waals surface area contributed by atoms with Gasteiger partial charge >= 0.3 is 12.0 Å². The number of anilines is 2. The first-order chi connectivity index (χ1) is 18.5. The molecule has 0 saturated heterocycles. The van der Waals surface area contributed by atoms with Crippen LogP contribution in [0, 0.1) is 6.92 Å². The van der Waals surface area contributed by atoms with Crippen molar-refractivity contribution in [3.8, 4) is 5.69 Å². The summed E-state index contributed by atoms with van der Waals surface area (Å²) in [6.45, 7) is 10.4. The van der Waals surface area contributed by atoms with Gasteiger partial charge in [0.15, 0.2) is 0 Å². The van der Waals surface area contributed by atoms with Crippen molar-refractivity contribution in [2.75, 3.05) is 44.0 Å². The zero-order chi connectivity index (χ0) is 28.6. The highest BCUT2D eigenvalue weighted by Crippen LogP contribution is 2.26. The van der Waals surface area contributed by atoms with Crippen LogP contribution in [0.2, 0.25) is 0 Å². The molecule has 2 aromatic carbocycles. The Hall–Kier alpha value is -4.18. The monoisotopic (exact) mass is 535 g/mol. The molecule has 10 nitrogen and oxygen atoms in total. The fourth-order valence-corrected chi connectivity index (χ4v) is 3.64. The van der Waals surface area contributed by atoms with Gasteiger partial charge in [0.2, 0.25) is 5.91 Å². The van der Waals surface area contributed by atoms with Crippen molar-refractivity contribution in [3.63, 3.8) is 0 Å². The standard InChI is InChI=1S/C29H37N5O5/c1-7-39-27(36)21-10-12-22(13-11-21)30-28(37)33(16-17-38-6)19-26(35)31-25-18-24(29(3,4)5)32-34(25)23-14-8-20(2)9-15-23/h8-15,18H,7,16-17,19H2,1-6H3,(H,30,37)(H,31,35). The molecule has 3 amide bonds. The minimum absolute atomic E-state index is 0.196. The summed E-state index contributed by atoms with van der Waals surface area (Å²) in [6, 6.07) is 15.6. The van der Waals surface area contributed by atoms with Gasteiger partial charge in [-0.05, 0) is 50.2 Å². The minimum Gasteiger partial charge on any atom is -0.462 e. The van der Waals surface area contributed by atoms with Crippen LogP contribution >= 0.6 is 0 Å². The summed E-state index contributed by atoms with van der Waals surface area (Å²) in [5.41, 5.74) is 3.37. The van der Waals surface area contributed by atoms with Gasteiger partial charge < -0.3 is 25.0 Å². The van der Waals surface area contributed by atoms with E-state index in [0.717, 1.165) is 16.9 Å². The summed E-state index contributed by atoms with van der Waals surface area (Å²) in [4.78, 5) is 39.4. The highest BCUT2D eigenvalue weighted by molar-refractivity contribution is 5.97. The molecule has 3 rings (SSSR count). The Labute approximate surface area is 229 Å². The summed E-state index contributed by atoms with van der Waals surface area (Å²) >= 11 is 0. The number of esters is 1. The van der Waals surface area contributed by atoms with Crippen LogP contribution in [0.25, 0.3) is 5.69 Å². The summed E-state index contributed by atoms with van der Waals surface area (Å²) in [5, 5.41) is 10.4. The molecule has 39 heavy (non-hydrogen) atoms. The molecule has 0 aliphatic heterocycles. The average Bonchev–Trinajstić information content (AvgIpc) is 3.31. The molecule has 0 unspecified atom stereocenters. The predicted molar refractivity (Wildman–Crippen MR) is 150 cm³/mol. The summed E-state index contributed by atoms with van der Waals surface area (Å²) in [5.74, 6) is -0.309. The number of aryl methyl sites for hydroxylation is 1. The second-order valence-corrected chi connectivity index (χ2v) is 10.1. The molecule has 3 aromatic rings. The SMILES string of the molecule is CCOC(=O)c1ccc(NC(=O)N(CCOC)CC(=O)Nc2cc(C(C)(C)C)nn2-c2ccc(C)cc2)cc1. The lowest BCUT2D eigenvalue weighted by Gasteiger charge is -2.22. The number of ether oxygens (including phenoxy) is 2. The first-order valence-electron chi connectivity index (χ1n) is 12.8. The van der Waals surface area contributed by atoms with Crippen LogP contribution in [0.1, 0.15) is 49.3 Å². The van der Waals surface area contributed by atoms with E-state index in [1.165, 1.54) is 12.0 Å². The second kappa shape index (κ2) is 13.1. The van der Waals surface area contributed by atoms with E-state index in [2.05, 4.69) is 31.4 Å². The molecule has 0 saturated carbocycles. The molecule has 0 bridgehead atoms. The van der Waals surface area contributed by atoms with Gasteiger partial charge in [-0.15, -0.1) is 0 Å². The Kier molecular flexibility index (Phi) is 9.84. The second-order valence-electron chi connectivity index (χ2n) is 10.1. The van der Waals surface area contributed by atoms with E-state index in [0.29, 0.717) is 17.1 Å². The molecule has 2 N–H and O–H groups in total. The van der Waals surface area contributed by atoms with Crippen molar-refractivity contribution in [1.29, 1.82) is 0 Å². The van der Waals surface area contributed by atoms with Gasteiger partial charge in [-0.2, -0.15) is 5.10 Å². The maximum Gasteiger partial charge on any atom is 0.338 e. The van der Waals surface area contributed by atoms with E-state index in [1.54, 1.807) is 35.9 Å². The molecule has 1 aromatic heterocycles. The molecule has 10 heteroatoms.